The van der Waals surface area contributed by atoms with Gasteiger partial charge in [0, 0.05) is 25.0 Å². The number of hydrogen-bond acceptors (Lipinski definition) is 2. The van der Waals surface area contributed by atoms with E-state index in [9.17, 15) is 4.79 Å². The highest BCUT2D eigenvalue weighted by Gasteiger charge is 2.34. The lowest BCUT2D eigenvalue weighted by Gasteiger charge is -2.20. The van der Waals surface area contributed by atoms with Gasteiger partial charge in [0.25, 0.3) is 0 Å². The van der Waals surface area contributed by atoms with Crippen molar-refractivity contribution in [1.82, 2.24) is 4.90 Å². The standard InChI is InChI=1S/C13H24N2O/c1-2-3-10-6-7-15(9-10)13(16)11-4-5-12(14)8-11/h10-12H,2-9,14H2,1H3. The minimum atomic E-state index is 0.232. The summed E-state index contributed by atoms with van der Waals surface area (Å²) in [6.07, 6.45) is 6.67. The number of likely N-dealkylation sites (tertiary alicyclic amines) is 1. The van der Waals surface area contributed by atoms with Gasteiger partial charge in [-0.3, -0.25) is 4.79 Å². The minimum absolute atomic E-state index is 0.232. The first-order valence-corrected chi connectivity index (χ1v) is 6.75. The van der Waals surface area contributed by atoms with Gasteiger partial charge in [0.05, 0.1) is 0 Å². The van der Waals surface area contributed by atoms with Crippen LogP contribution in [0.1, 0.15) is 45.4 Å². The molecule has 0 aromatic heterocycles. The molecule has 3 nitrogen and oxygen atoms in total. The quantitative estimate of drug-likeness (QED) is 0.794. The van der Waals surface area contributed by atoms with Crippen LogP contribution in [0.2, 0.25) is 0 Å². The van der Waals surface area contributed by atoms with Gasteiger partial charge in [0.1, 0.15) is 0 Å². The van der Waals surface area contributed by atoms with Crippen LogP contribution in [0.3, 0.4) is 0 Å². The van der Waals surface area contributed by atoms with Gasteiger partial charge in [-0.15, -0.1) is 0 Å². The first-order chi connectivity index (χ1) is 7.70. The predicted molar refractivity (Wildman–Crippen MR) is 64.9 cm³/mol. The number of rotatable bonds is 3. The van der Waals surface area contributed by atoms with E-state index in [-0.39, 0.29) is 12.0 Å². The van der Waals surface area contributed by atoms with E-state index >= 15 is 0 Å². The molecular weight excluding hydrogens is 200 g/mol. The van der Waals surface area contributed by atoms with E-state index in [0.717, 1.165) is 38.3 Å². The average molecular weight is 224 g/mol. The largest absolute Gasteiger partial charge is 0.342 e. The van der Waals surface area contributed by atoms with Gasteiger partial charge < -0.3 is 10.6 Å². The van der Waals surface area contributed by atoms with Crippen LogP contribution >= 0.6 is 0 Å². The minimum Gasteiger partial charge on any atom is -0.342 e. The van der Waals surface area contributed by atoms with Crippen molar-refractivity contribution in [2.75, 3.05) is 13.1 Å². The molecule has 1 aliphatic carbocycles. The normalized spacial score (nSPS) is 34.6. The van der Waals surface area contributed by atoms with Gasteiger partial charge in [0.2, 0.25) is 5.91 Å². The maximum Gasteiger partial charge on any atom is 0.225 e. The summed E-state index contributed by atoms with van der Waals surface area (Å²) < 4.78 is 0. The van der Waals surface area contributed by atoms with Gasteiger partial charge >= 0.3 is 0 Å². The maximum absolute atomic E-state index is 12.2. The molecule has 0 radical (unpaired) electrons. The molecular formula is C13H24N2O. The Morgan fingerprint density at radius 1 is 1.38 bits per heavy atom. The topological polar surface area (TPSA) is 46.3 Å². The number of hydrogen-bond donors (Lipinski definition) is 1. The molecule has 1 saturated heterocycles. The zero-order valence-corrected chi connectivity index (χ0v) is 10.3. The van der Waals surface area contributed by atoms with Crippen molar-refractivity contribution >= 4 is 5.91 Å². The van der Waals surface area contributed by atoms with Gasteiger partial charge in [-0.25, -0.2) is 0 Å². The van der Waals surface area contributed by atoms with Crippen LogP contribution in [0.4, 0.5) is 0 Å². The Morgan fingerprint density at radius 3 is 2.81 bits per heavy atom. The van der Waals surface area contributed by atoms with E-state index in [1.165, 1.54) is 19.3 Å². The third-order valence-corrected chi connectivity index (χ3v) is 4.12. The second kappa shape index (κ2) is 5.17. The molecule has 3 unspecified atom stereocenters. The van der Waals surface area contributed by atoms with Gasteiger partial charge in [0.15, 0.2) is 0 Å². The smallest absolute Gasteiger partial charge is 0.225 e. The Balaban J connectivity index is 1.82. The lowest BCUT2D eigenvalue weighted by atomic mass is 10.0. The van der Waals surface area contributed by atoms with Crippen LogP contribution < -0.4 is 5.73 Å². The molecule has 0 aromatic rings. The number of nitrogens with zero attached hydrogens (tertiary/aromatic N) is 1. The zero-order chi connectivity index (χ0) is 11.5. The highest BCUT2D eigenvalue weighted by molar-refractivity contribution is 5.79. The number of nitrogens with two attached hydrogens (primary N) is 1. The molecule has 3 atom stereocenters. The fourth-order valence-corrected chi connectivity index (χ4v) is 3.18. The molecule has 2 N–H and O–H groups in total. The van der Waals surface area contributed by atoms with Crippen molar-refractivity contribution in [2.45, 2.75) is 51.5 Å². The Bertz CT molecular complexity index is 254. The molecule has 1 aliphatic heterocycles. The molecule has 1 saturated carbocycles. The number of amides is 1. The molecule has 92 valence electrons. The average Bonchev–Trinajstić information content (AvgIpc) is 2.87. The Labute approximate surface area is 98.4 Å². The third-order valence-electron chi connectivity index (χ3n) is 4.12. The van der Waals surface area contributed by atoms with Crippen LogP contribution in [-0.2, 0) is 4.79 Å². The van der Waals surface area contributed by atoms with Crippen molar-refractivity contribution < 1.29 is 4.79 Å². The van der Waals surface area contributed by atoms with Gasteiger partial charge in [-0.2, -0.15) is 0 Å². The SMILES string of the molecule is CCCC1CCN(C(=O)C2CCC(N)C2)C1. The fourth-order valence-electron chi connectivity index (χ4n) is 3.18. The van der Waals surface area contributed by atoms with E-state index in [2.05, 4.69) is 11.8 Å². The molecule has 2 aliphatic rings. The summed E-state index contributed by atoms with van der Waals surface area (Å²) in [6.45, 7) is 4.20. The van der Waals surface area contributed by atoms with Crippen molar-refractivity contribution in [1.29, 1.82) is 0 Å². The second-order valence-electron chi connectivity index (χ2n) is 5.50. The van der Waals surface area contributed by atoms with E-state index in [1.54, 1.807) is 0 Å². The van der Waals surface area contributed by atoms with Gasteiger partial charge in [-0.1, -0.05) is 13.3 Å². The van der Waals surface area contributed by atoms with E-state index in [0.29, 0.717) is 5.91 Å². The summed E-state index contributed by atoms with van der Waals surface area (Å²) in [5.74, 6) is 1.37. The zero-order valence-electron chi connectivity index (χ0n) is 10.3. The summed E-state index contributed by atoms with van der Waals surface area (Å²) in [7, 11) is 0. The third kappa shape index (κ3) is 2.57. The summed E-state index contributed by atoms with van der Waals surface area (Å²) in [6, 6.07) is 0.267. The lowest BCUT2D eigenvalue weighted by molar-refractivity contribution is -0.134. The highest BCUT2D eigenvalue weighted by atomic mass is 16.2. The molecule has 2 rings (SSSR count). The van der Waals surface area contributed by atoms with Crippen molar-refractivity contribution in [3.8, 4) is 0 Å². The summed E-state index contributed by atoms with van der Waals surface area (Å²) in [5, 5.41) is 0. The molecule has 1 heterocycles. The predicted octanol–water partition coefficient (Wildman–Crippen LogP) is 1.76. The molecule has 1 amide bonds. The van der Waals surface area contributed by atoms with Gasteiger partial charge in [-0.05, 0) is 38.0 Å². The van der Waals surface area contributed by atoms with Crippen LogP contribution in [0.5, 0.6) is 0 Å². The second-order valence-corrected chi connectivity index (χ2v) is 5.50. The first kappa shape index (κ1) is 11.9. The van der Waals surface area contributed by atoms with Crippen LogP contribution in [-0.4, -0.2) is 29.9 Å². The Hall–Kier alpha value is -0.570. The molecule has 16 heavy (non-hydrogen) atoms. The molecule has 0 spiro atoms. The van der Waals surface area contributed by atoms with Crippen LogP contribution in [0.15, 0.2) is 0 Å². The van der Waals surface area contributed by atoms with Crippen molar-refractivity contribution in [3.63, 3.8) is 0 Å². The summed E-state index contributed by atoms with van der Waals surface area (Å²) in [5.41, 5.74) is 5.87. The van der Waals surface area contributed by atoms with E-state index < -0.39 is 0 Å². The Kier molecular flexibility index (Phi) is 3.85. The monoisotopic (exact) mass is 224 g/mol. The lowest BCUT2D eigenvalue weighted by Crippen LogP contribution is -2.34. The fraction of sp³-hybridized carbons (Fsp3) is 0.923. The maximum atomic E-state index is 12.2. The first-order valence-electron chi connectivity index (χ1n) is 6.75. The van der Waals surface area contributed by atoms with E-state index in [1.807, 2.05) is 0 Å². The highest BCUT2D eigenvalue weighted by Crippen LogP contribution is 2.29. The number of carbonyl (C=O) groups excluding carboxylic acids is 1. The van der Waals surface area contributed by atoms with Crippen molar-refractivity contribution in [3.05, 3.63) is 0 Å². The van der Waals surface area contributed by atoms with Crippen LogP contribution in [0.25, 0.3) is 0 Å². The summed E-state index contributed by atoms with van der Waals surface area (Å²) in [4.78, 5) is 14.3. The molecule has 3 heteroatoms. The Morgan fingerprint density at radius 2 is 2.19 bits per heavy atom. The molecule has 0 aromatic carbocycles. The summed E-state index contributed by atoms with van der Waals surface area (Å²) >= 11 is 0. The number of carbonyl (C=O) groups is 1. The molecule has 0 bridgehead atoms. The van der Waals surface area contributed by atoms with E-state index in [4.69, 9.17) is 5.73 Å². The molecule has 2 fully saturated rings. The van der Waals surface area contributed by atoms with Crippen molar-refractivity contribution in [2.24, 2.45) is 17.6 Å². The van der Waals surface area contributed by atoms with Crippen LogP contribution in [0, 0.1) is 11.8 Å².